The number of methoxy groups -OCH3 is 1. The molecule has 1 saturated heterocycles. The Morgan fingerprint density at radius 2 is 1.72 bits per heavy atom. The van der Waals surface area contributed by atoms with Gasteiger partial charge in [-0.15, -0.1) is 0 Å². The fourth-order valence-electron chi connectivity index (χ4n) is 4.04. The van der Waals surface area contributed by atoms with Gasteiger partial charge < -0.3 is 19.9 Å². The van der Waals surface area contributed by atoms with Crippen LogP contribution >= 0.6 is 0 Å². The minimum absolute atomic E-state index is 0.0763. The van der Waals surface area contributed by atoms with Gasteiger partial charge in [0.25, 0.3) is 5.91 Å². The lowest BCUT2D eigenvalue weighted by Gasteiger charge is -2.36. The molecule has 1 fully saturated rings. The SMILES string of the molecule is COc1ccc(N2CC[NH+]([C@@H](C)C(=O)Nc3c(C)cccc3C(C)C)CC2)cc1. The molecule has 1 amide bonds. The number of amides is 1. The van der Waals surface area contributed by atoms with E-state index in [9.17, 15) is 4.79 Å². The first-order valence-electron chi connectivity index (χ1n) is 10.5. The zero-order valence-electron chi connectivity index (χ0n) is 18.3. The third kappa shape index (κ3) is 4.91. The number of carbonyl (C=O) groups excluding carboxylic acids is 1. The number of quaternary nitrogens is 1. The number of nitrogens with zero attached hydrogens (tertiary/aromatic N) is 1. The van der Waals surface area contributed by atoms with Gasteiger partial charge in [0, 0.05) is 11.4 Å². The molecule has 1 atom stereocenters. The molecule has 2 aromatic rings. The van der Waals surface area contributed by atoms with Crippen molar-refractivity contribution in [3.8, 4) is 5.75 Å². The Labute approximate surface area is 174 Å². The van der Waals surface area contributed by atoms with E-state index in [2.05, 4.69) is 61.3 Å². The molecular weight excluding hydrogens is 362 g/mol. The fraction of sp³-hybridized carbons (Fsp3) is 0.458. The lowest BCUT2D eigenvalue weighted by atomic mass is 9.98. The molecule has 5 nitrogen and oxygen atoms in total. The number of hydrogen-bond donors (Lipinski definition) is 2. The van der Waals surface area contributed by atoms with Gasteiger partial charge in [-0.1, -0.05) is 32.0 Å². The Kier molecular flexibility index (Phi) is 6.80. The summed E-state index contributed by atoms with van der Waals surface area (Å²) >= 11 is 0. The van der Waals surface area contributed by atoms with Gasteiger partial charge in [-0.05, 0) is 55.2 Å². The number of anilines is 2. The van der Waals surface area contributed by atoms with Crippen LogP contribution in [-0.2, 0) is 4.79 Å². The molecule has 1 heterocycles. The van der Waals surface area contributed by atoms with Crippen LogP contribution in [0, 0.1) is 6.92 Å². The molecule has 0 unspecified atom stereocenters. The first kappa shape index (κ1) is 21.2. The van der Waals surface area contributed by atoms with E-state index in [1.54, 1.807) is 7.11 Å². The van der Waals surface area contributed by atoms with Crippen LogP contribution < -0.4 is 19.9 Å². The van der Waals surface area contributed by atoms with Gasteiger partial charge >= 0.3 is 0 Å². The van der Waals surface area contributed by atoms with Gasteiger partial charge in [-0.3, -0.25) is 4.79 Å². The van der Waals surface area contributed by atoms with E-state index in [1.165, 1.54) is 16.2 Å². The Bertz CT molecular complexity index is 825. The first-order chi connectivity index (χ1) is 13.9. The number of carbonyl (C=O) groups is 1. The average Bonchev–Trinajstić information content (AvgIpc) is 2.74. The largest absolute Gasteiger partial charge is 0.497 e. The minimum Gasteiger partial charge on any atom is -0.497 e. The van der Waals surface area contributed by atoms with Crippen molar-refractivity contribution in [2.75, 3.05) is 43.5 Å². The van der Waals surface area contributed by atoms with Crippen LogP contribution in [0.4, 0.5) is 11.4 Å². The molecule has 156 valence electrons. The Hall–Kier alpha value is -2.53. The van der Waals surface area contributed by atoms with Crippen LogP contribution in [0.2, 0.25) is 0 Å². The van der Waals surface area contributed by atoms with Crippen LogP contribution in [-0.4, -0.2) is 45.2 Å². The molecule has 0 spiro atoms. The third-order valence-corrected chi connectivity index (χ3v) is 6.02. The molecule has 3 rings (SSSR count). The molecule has 0 aromatic heterocycles. The minimum atomic E-state index is -0.0763. The molecule has 0 bridgehead atoms. The lowest BCUT2D eigenvalue weighted by Crippen LogP contribution is -3.19. The summed E-state index contributed by atoms with van der Waals surface area (Å²) in [5.41, 5.74) is 4.51. The number of rotatable bonds is 6. The fourth-order valence-corrected chi connectivity index (χ4v) is 4.04. The van der Waals surface area contributed by atoms with Crippen molar-refractivity contribution in [2.24, 2.45) is 0 Å². The standard InChI is InChI=1S/C24H33N3O2/c1-17(2)22-8-6-7-18(3)23(22)25-24(28)19(4)26-13-15-27(16-14-26)20-9-11-21(29-5)12-10-20/h6-12,17,19H,13-16H2,1-5H3,(H,25,28)/p+1/t19-/m0/s1. The highest BCUT2D eigenvalue weighted by atomic mass is 16.5. The summed E-state index contributed by atoms with van der Waals surface area (Å²) in [7, 11) is 1.69. The topological polar surface area (TPSA) is 46.0 Å². The maximum atomic E-state index is 13.0. The Morgan fingerprint density at radius 3 is 2.31 bits per heavy atom. The maximum absolute atomic E-state index is 13.0. The zero-order chi connectivity index (χ0) is 21.0. The highest BCUT2D eigenvalue weighted by Crippen LogP contribution is 2.27. The van der Waals surface area contributed by atoms with Crippen molar-refractivity contribution in [1.82, 2.24) is 0 Å². The number of nitrogens with one attached hydrogen (secondary N) is 2. The van der Waals surface area contributed by atoms with Gasteiger partial charge in [0.1, 0.15) is 5.75 Å². The maximum Gasteiger partial charge on any atom is 0.282 e. The van der Waals surface area contributed by atoms with Crippen molar-refractivity contribution in [3.63, 3.8) is 0 Å². The van der Waals surface area contributed by atoms with E-state index in [0.717, 1.165) is 43.2 Å². The van der Waals surface area contributed by atoms with Crippen molar-refractivity contribution in [1.29, 1.82) is 0 Å². The monoisotopic (exact) mass is 396 g/mol. The quantitative estimate of drug-likeness (QED) is 0.789. The molecule has 0 radical (unpaired) electrons. The highest BCUT2D eigenvalue weighted by Gasteiger charge is 2.30. The van der Waals surface area contributed by atoms with Crippen molar-refractivity contribution < 1.29 is 14.4 Å². The van der Waals surface area contributed by atoms with Gasteiger partial charge in [0.2, 0.25) is 0 Å². The molecule has 0 aliphatic carbocycles. The summed E-state index contributed by atoms with van der Waals surface area (Å²) in [6.07, 6.45) is 0. The number of hydrogen-bond acceptors (Lipinski definition) is 3. The highest BCUT2D eigenvalue weighted by molar-refractivity contribution is 5.95. The molecule has 1 aliphatic rings. The second-order valence-electron chi connectivity index (χ2n) is 8.25. The number of para-hydroxylation sites is 1. The second kappa shape index (κ2) is 9.31. The van der Waals surface area contributed by atoms with Crippen LogP contribution in [0.1, 0.15) is 37.8 Å². The average molecular weight is 397 g/mol. The molecule has 29 heavy (non-hydrogen) atoms. The summed E-state index contributed by atoms with van der Waals surface area (Å²) in [6, 6.07) is 14.4. The molecular formula is C24H34N3O2+. The number of benzene rings is 2. The molecule has 5 heteroatoms. The second-order valence-corrected chi connectivity index (χ2v) is 8.25. The van der Waals surface area contributed by atoms with E-state index in [0.29, 0.717) is 5.92 Å². The van der Waals surface area contributed by atoms with Crippen LogP contribution in [0.3, 0.4) is 0 Å². The Balaban J connectivity index is 1.60. The van der Waals surface area contributed by atoms with E-state index in [-0.39, 0.29) is 11.9 Å². The molecule has 2 N–H and O–H groups in total. The normalized spacial score (nSPS) is 16.0. The van der Waals surface area contributed by atoms with E-state index < -0.39 is 0 Å². The van der Waals surface area contributed by atoms with Gasteiger partial charge in [0.15, 0.2) is 6.04 Å². The zero-order valence-corrected chi connectivity index (χ0v) is 18.3. The lowest BCUT2D eigenvalue weighted by molar-refractivity contribution is -0.914. The van der Waals surface area contributed by atoms with E-state index in [4.69, 9.17) is 4.74 Å². The van der Waals surface area contributed by atoms with Crippen LogP contribution in [0.25, 0.3) is 0 Å². The van der Waals surface area contributed by atoms with Gasteiger partial charge in [-0.25, -0.2) is 0 Å². The van der Waals surface area contributed by atoms with Crippen LogP contribution in [0.5, 0.6) is 5.75 Å². The molecule has 1 aliphatic heterocycles. The predicted octanol–water partition coefficient (Wildman–Crippen LogP) is 2.86. The predicted molar refractivity (Wildman–Crippen MR) is 119 cm³/mol. The number of ether oxygens (including phenoxy) is 1. The number of aryl methyl sites for hydroxylation is 1. The summed E-state index contributed by atoms with van der Waals surface area (Å²) in [4.78, 5) is 16.7. The summed E-state index contributed by atoms with van der Waals surface area (Å²) < 4.78 is 5.24. The first-order valence-corrected chi connectivity index (χ1v) is 10.5. The molecule has 2 aromatic carbocycles. The van der Waals surface area contributed by atoms with Crippen molar-refractivity contribution in [3.05, 3.63) is 53.6 Å². The van der Waals surface area contributed by atoms with E-state index in [1.807, 2.05) is 19.1 Å². The smallest absolute Gasteiger partial charge is 0.282 e. The Morgan fingerprint density at radius 1 is 1.07 bits per heavy atom. The van der Waals surface area contributed by atoms with Crippen molar-refractivity contribution >= 4 is 17.3 Å². The number of piperazine rings is 1. The van der Waals surface area contributed by atoms with Gasteiger partial charge in [-0.2, -0.15) is 0 Å². The molecule has 0 saturated carbocycles. The van der Waals surface area contributed by atoms with Crippen molar-refractivity contribution in [2.45, 2.75) is 39.7 Å². The summed E-state index contributed by atoms with van der Waals surface area (Å²) in [5, 5.41) is 3.23. The summed E-state index contributed by atoms with van der Waals surface area (Å²) in [5.74, 6) is 1.36. The van der Waals surface area contributed by atoms with E-state index >= 15 is 0 Å². The van der Waals surface area contributed by atoms with Gasteiger partial charge in [0.05, 0.1) is 33.3 Å². The third-order valence-electron chi connectivity index (χ3n) is 6.02. The van der Waals surface area contributed by atoms with Crippen LogP contribution in [0.15, 0.2) is 42.5 Å². The summed E-state index contributed by atoms with van der Waals surface area (Å²) in [6.45, 7) is 12.2.